The third-order valence-corrected chi connectivity index (χ3v) is 3.22. The van der Waals surface area contributed by atoms with Crippen molar-refractivity contribution in [3.63, 3.8) is 0 Å². The number of alkyl halides is 6. The smallest absolute Gasteiger partial charge is 0.421 e. The van der Waals surface area contributed by atoms with Gasteiger partial charge >= 0.3 is 18.3 Å². The molecule has 0 heterocycles. The Hall–Kier alpha value is -1.52. The van der Waals surface area contributed by atoms with Crippen LogP contribution in [-0.2, 0) is 16.6 Å². The molecular formula is C13H14ClF6NO3. The Labute approximate surface area is 138 Å². The van der Waals surface area contributed by atoms with E-state index >= 15 is 0 Å². The van der Waals surface area contributed by atoms with Gasteiger partial charge in [-0.3, -0.25) is 4.79 Å². The van der Waals surface area contributed by atoms with Crippen LogP contribution >= 0.6 is 12.4 Å². The lowest BCUT2D eigenvalue weighted by molar-refractivity contribution is -0.259. The van der Waals surface area contributed by atoms with Gasteiger partial charge in [0.15, 0.2) is 5.60 Å². The van der Waals surface area contributed by atoms with Gasteiger partial charge in [0.05, 0.1) is 12.0 Å². The maximum absolute atomic E-state index is 12.8. The molecule has 0 aliphatic heterocycles. The van der Waals surface area contributed by atoms with Crippen LogP contribution in [0.5, 0.6) is 0 Å². The van der Waals surface area contributed by atoms with Gasteiger partial charge in [0.2, 0.25) is 0 Å². The lowest BCUT2D eigenvalue weighted by atomic mass is 9.89. The quantitative estimate of drug-likeness (QED) is 0.698. The molecule has 1 rings (SSSR count). The van der Waals surface area contributed by atoms with Crippen LogP contribution in [0.1, 0.15) is 36.1 Å². The van der Waals surface area contributed by atoms with E-state index in [9.17, 15) is 36.2 Å². The normalized spacial score (nSPS) is 16.0. The minimum Gasteiger partial charge on any atom is -0.481 e. The summed E-state index contributed by atoms with van der Waals surface area (Å²) in [5.74, 6) is -1.43. The Kier molecular flexibility index (Phi) is 6.70. The lowest BCUT2D eigenvalue weighted by Gasteiger charge is -2.28. The minimum absolute atomic E-state index is 0. The van der Waals surface area contributed by atoms with E-state index in [-0.39, 0.29) is 18.5 Å². The fourth-order valence-electron chi connectivity index (χ4n) is 1.78. The fourth-order valence-corrected chi connectivity index (χ4v) is 1.78. The monoisotopic (exact) mass is 381 g/mol. The van der Waals surface area contributed by atoms with Crippen LogP contribution < -0.4 is 5.73 Å². The molecule has 2 unspecified atom stereocenters. The van der Waals surface area contributed by atoms with Gasteiger partial charge in [-0.25, -0.2) is 0 Å². The largest absolute Gasteiger partial charge is 0.481 e. The zero-order chi connectivity index (χ0) is 18.2. The van der Waals surface area contributed by atoms with Crippen LogP contribution in [0, 0.1) is 0 Å². The number of hydrogen-bond acceptors (Lipinski definition) is 3. The second-order valence-corrected chi connectivity index (χ2v) is 5.12. The molecule has 0 saturated heterocycles. The molecule has 1 aromatic carbocycles. The van der Waals surface area contributed by atoms with Crippen LogP contribution in [0.4, 0.5) is 26.3 Å². The highest BCUT2D eigenvalue weighted by Gasteiger charge is 2.52. The molecule has 1 aromatic rings. The maximum atomic E-state index is 12.8. The third kappa shape index (κ3) is 4.99. The van der Waals surface area contributed by atoms with Crippen molar-refractivity contribution in [3.8, 4) is 0 Å². The Morgan fingerprint density at radius 2 is 1.58 bits per heavy atom. The first-order valence-corrected chi connectivity index (χ1v) is 6.15. The van der Waals surface area contributed by atoms with Gasteiger partial charge in [0.1, 0.15) is 0 Å². The number of aliphatic hydroxyl groups is 1. The van der Waals surface area contributed by atoms with E-state index in [0.29, 0.717) is 19.1 Å². The van der Waals surface area contributed by atoms with Crippen LogP contribution in [0.15, 0.2) is 18.2 Å². The molecule has 24 heavy (non-hydrogen) atoms. The van der Waals surface area contributed by atoms with E-state index in [0.717, 1.165) is 0 Å². The van der Waals surface area contributed by atoms with E-state index in [2.05, 4.69) is 0 Å². The van der Waals surface area contributed by atoms with Gasteiger partial charge in [-0.05, 0) is 30.2 Å². The van der Waals surface area contributed by atoms with Crippen molar-refractivity contribution in [2.45, 2.75) is 37.3 Å². The molecule has 4 nitrogen and oxygen atoms in total. The van der Waals surface area contributed by atoms with Gasteiger partial charge in [0, 0.05) is 6.04 Å². The topological polar surface area (TPSA) is 83.5 Å². The molecule has 138 valence electrons. The number of carboxylic acids is 1. The number of rotatable bonds is 4. The lowest BCUT2D eigenvalue weighted by Crippen LogP contribution is -2.39. The van der Waals surface area contributed by atoms with E-state index in [1.54, 1.807) is 0 Å². The van der Waals surface area contributed by atoms with Gasteiger partial charge in [0.25, 0.3) is 0 Å². The van der Waals surface area contributed by atoms with Crippen molar-refractivity contribution >= 4 is 18.4 Å². The van der Waals surface area contributed by atoms with Gasteiger partial charge in [-0.2, -0.15) is 26.3 Å². The van der Waals surface area contributed by atoms with E-state index < -0.39 is 53.1 Å². The predicted molar refractivity (Wildman–Crippen MR) is 73.5 cm³/mol. The van der Waals surface area contributed by atoms with E-state index in [1.165, 1.54) is 0 Å². The molecular weight excluding hydrogens is 368 g/mol. The van der Waals surface area contributed by atoms with Crippen LogP contribution in [0.2, 0.25) is 0 Å². The second kappa shape index (κ2) is 7.16. The third-order valence-electron chi connectivity index (χ3n) is 3.22. The molecule has 0 radical (unpaired) electrons. The summed E-state index contributed by atoms with van der Waals surface area (Å²) >= 11 is 0. The van der Waals surface area contributed by atoms with Gasteiger partial charge < -0.3 is 15.9 Å². The minimum atomic E-state index is -5.23. The Morgan fingerprint density at radius 1 is 1.12 bits per heavy atom. The summed E-state index contributed by atoms with van der Waals surface area (Å²) < 4.78 is 77.0. The number of carboxylic acid groups (broad SMARTS) is 1. The summed E-state index contributed by atoms with van der Waals surface area (Å²) in [5, 5.41) is 18.2. The van der Waals surface area contributed by atoms with Crippen molar-refractivity contribution in [1.82, 2.24) is 0 Å². The predicted octanol–water partition coefficient (Wildman–Crippen LogP) is 3.37. The summed E-state index contributed by atoms with van der Waals surface area (Å²) in [6.07, 6.45) is -11.0. The second-order valence-electron chi connectivity index (χ2n) is 5.12. The molecule has 0 bridgehead atoms. The molecule has 4 N–H and O–H groups in total. The summed E-state index contributed by atoms with van der Waals surface area (Å²) in [5.41, 5.74) is -1.14. The van der Waals surface area contributed by atoms with Crippen LogP contribution in [0.3, 0.4) is 0 Å². The zero-order valence-corrected chi connectivity index (χ0v) is 12.9. The Bertz CT molecular complexity index is 600. The number of nitrogens with two attached hydrogens (primary N) is 1. The molecule has 11 heteroatoms. The number of halogens is 7. The molecule has 0 fully saturated rings. The molecule has 0 amide bonds. The van der Waals surface area contributed by atoms with Crippen molar-refractivity contribution < 1.29 is 41.4 Å². The van der Waals surface area contributed by atoms with Crippen molar-refractivity contribution in [1.29, 1.82) is 0 Å². The first kappa shape index (κ1) is 22.5. The number of benzene rings is 1. The van der Waals surface area contributed by atoms with Crippen LogP contribution in [0.25, 0.3) is 0 Å². The summed E-state index contributed by atoms with van der Waals surface area (Å²) in [7, 11) is 0. The van der Waals surface area contributed by atoms with Crippen LogP contribution in [-0.4, -0.2) is 22.4 Å². The highest BCUT2D eigenvalue weighted by Crippen LogP contribution is 2.41. The van der Waals surface area contributed by atoms with Crippen molar-refractivity contribution in [2.75, 3.05) is 0 Å². The standard InChI is InChI=1S/C13H13F6NO3.ClH/c1-11(23,13(17,18)19)7-2-6(9(20)5-10(21)22)3-8(4-7)12(14,15)16;/h2-4,9,23H,5,20H2,1H3,(H,21,22);1H. The molecule has 0 saturated carbocycles. The maximum Gasteiger partial charge on any atom is 0.421 e. The van der Waals surface area contributed by atoms with E-state index in [4.69, 9.17) is 10.8 Å². The summed E-state index contributed by atoms with van der Waals surface area (Å²) in [6.45, 7) is 0.301. The SMILES string of the molecule is CC(O)(c1cc(C(N)CC(=O)O)cc(C(F)(F)F)c1)C(F)(F)F.Cl. The average Bonchev–Trinajstić information content (AvgIpc) is 2.34. The highest BCUT2D eigenvalue weighted by molar-refractivity contribution is 5.85. The molecule has 0 aliphatic rings. The molecule has 0 aliphatic carbocycles. The van der Waals surface area contributed by atoms with E-state index in [1.807, 2.05) is 0 Å². The van der Waals surface area contributed by atoms with Crippen molar-refractivity contribution in [2.24, 2.45) is 5.73 Å². The van der Waals surface area contributed by atoms with Crippen molar-refractivity contribution in [3.05, 3.63) is 34.9 Å². The van der Waals surface area contributed by atoms with Gasteiger partial charge in [-0.15, -0.1) is 12.4 Å². The molecule has 2 atom stereocenters. The van der Waals surface area contributed by atoms with Gasteiger partial charge in [-0.1, -0.05) is 6.07 Å². The highest BCUT2D eigenvalue weighted by atomic mass is 35.5. The number of aliphatic carboxylic acids is 1. The summed E-state index contributed by atoms with van der Waals surface area (Å²) in [4.78, 5) is 10.6. The summed E-state index contributed by atoms with van der Waals surface area (Å²) in [6, 6.07) is -0.220. The first-order chi connectivity index (χ1) is 10.2. The molecule has 0 spiro atoms. The zero-order valence-electron chi connectivity index (χ0n) is 12.1. The number of carbonyl (C=O) groups is 1. The first-order valence-electron chi connectivity index (χ1n) is 6.15. The molecule has 0 aromatic heterocycles. The Morgan fingerprint density at radius 3 is 1.96 bits per heavy atom. The Balaban J connectivity index is 0.00000529. The number of hydrogen-bond donors (Lipinski definition) is 3. The fraction of sp³-hybridized carbons (Fsp3) is 0.462. The average molecular weight is 382 g/mol.